The van der Waals surface area contributed by atoms with E-state index < -0.39 is 0 Å². The van der Waals surface area contributed by atoms with Crippen molar-refractivity contribution in [2.75, 3.05) is 31.5 Å². The van der Waals surface area contributed by atoms with Gasteiger partial charge < -0.3 is 20.1 Å². The Bertz CT molecular complexity index is 862. The molecule has 8 nitrogen and oxygen atoms in total. The van der Waals surface area contributed by atoms with Gasteiger partial charge in [0.05, 0.1) is 12.1 Å². The molecule has 2 saturated heterocycles. The van der Waals surface area contributed by atoms with E-state index in [9.17, 15) is 9.59 Å². The summed E-state index contributed by atoms with van der Waals surface area (Å²) < 4.78 is 5.13. The Balaban J connectivity index is 1.34. The fraction of sp³-hybridized carbons (Fsp3) is 0.476. The summed E-state index contributed by atoms with van der Waals surface area (Å²) in [5, 5.41) is 9.91. The summed E-state index contributed by atoms with van der Waals surface area (Å²) in [7, 11) is 0. The van der Waals surface area contributed by atoms with E-state index in [1.807, 2.05) is 49.1 Å². The number of hydrogen-bond acceptors (Lipinski definition) is 5. The molecule has 0 radical (unpaired) electrons. The maximum Gasteiger partial charge on any atom is 0.322 e. The minimum atomic E-state index is -0.0743. The largest absolute Gasteiger partial charge is 0.361 e. The molecule has 154 valence electrons. The zero-order valence-corrected chi connectivity index (χ0v) is 16.9. The molecule has 0 aliphatic carbocycles. The van der Waals surface area contributed by atoms with Crippen LogP contribution in [0.15, 0.2) is 34.9 Å². The summed E-state index contributed by atoms with van der Waals surface area (Å²) in [4.78, 5) is 29.5. The van der Waals surface area contributed by atoms with Crippen molar-refractivity contribution in [3.8, 4) is 0 Å². The van der Waals surface area contributed by atoms with Crippen molar-refractivity contribution in [3.63, 3.8) is 0 Å². The molecule has 2 bridgehead atoms. The maximum atomic E-state index is 12.8. The highest BCUT2D eigenvalue weighted by Gasteiger charge is 2.40. The molecular formula is C21H27N5O3. The molecule has 3 heterocycles. The first kappa shape index (κ1) is 19.4. The van der Waals surface area contributed by atoms with Crippen LogP contribution in [0, 0.1) is 13.8 Å². The molecule has 4 rings (SSSR count). The topological polar surface area (TPSA) is 90.7 Å². The van der Waals surface area contributed by atoms with Crippen LogP contribution in [0.2, 0.25) is 0 Å². The van der Waals surface area contributed by atoms with Crippen molar-refractivity contribution in [2.45, 2.75) is 38.8 Å². The number of benzene rings is 1. The van der Waals surface area contributed by atoms with E-state index in [1.54, 1.807) is 0 Å². The molecule has 8 heteroatoms. The van der Waals surface area contributed by atoms with Crippen LogP contribution in [0.1, 0.15) is 23.4 Å². The number of para-hydroxylation sites is 1. The first-order chi connectivity index (χ1) is 14.0. The van der Waals surface area contributed by atoms with Gasteiger partial charge in [0.15, 0.2) is 0 Å². The number of carbonyl (C=O) groups is 2. The second kappa shape index (κ2) is 8.24. The van der Waals surface area contributed by atoms with Crippen molar-refractivity contribution in [3.05, 3.63) is 47.3 Å². The number of aromatic nitrogens is 1. The summed E-state index contributed by atoms with van der Waals surface area (Å²) in [5.74, 6) is 0.627. The number of rotatable bonds is 5. The number of piperazine rings is 1. The Kier molecular flexibility index (Phi) is 5.53. The number of hydrogen-bond donors (Lipinski definition) is 2. The van der Waals surface area contributed by atoms with Gasteiger partial charge in [-0.25, -0.2) is 4.79 Å². The Labute approximate surface area is 170 Å². The van der Waals surface area contributed by atoms with E-state index in [0.717, 1.165) is 36.5 Å². The quantitative estimate of drug-likeness (QED) is 0.805. The van der Waals surface area contributed by atoms with Crippen LogP contribution in [0.3, 0.4) is 0 Å². The van der Waals surface area contributed by atoms with Crippen LogP contribution in [0.4, 0.5) is 10.5 Å². The molecule has 0 spiro atoms. The second-order valence-electron chi connectivity index (χ2n) is 7.82. The van der Waals surface area contributed by atoms with Crippen LogP contribution in [-0.2, 0) is 11.2 Å². The van der Waals surface area contributed by atoms with Crippen LogP contribution in [-0.4, -0.2) is 65.2 Å². The Morgan fingerprint density at radius 2 is 2.00 bits per heavy atom. The minimum absolute atomic E-state index is 0.0546. The van der Waals surface area contributed by atoms with E-state index in [0.29, 0.717) is 18.8 Å². The van der Waals surface area contributed by atoms with Gasteiger partial charge in [-0.1, -0.05) is 23.4 Å². The van der Waals surface area contributed by atoms with Gasteiger partial charge in [0.2, 0.25) is 5.91 Å². The van der Waals surface area contributed by atoms with E-state index in [-0.39, 0.29) is 30.4 Å². The first-order valence-corrected chi connectivity index (χ1v) is 10.1. The lowest BCUT2D eigenvalue weighted by Gasteiger charge is -2.40. The van der Waals surface area contributed by atoms with E-state index >= 15 is 0 Å². The number of urea groups is 1. The average molecular weight is 397 g/mol. The Morgan fingerprint density at radius 3 is 2.72 bits per heavy atom. The molecule has 3 unspecified atom stereocenters. The number of nitrogens with zero attached hydrogens (tertiary/aromatic N) is 3. The third-order valence-corrected chi connectivity index (χ3v) is 5.90. The summed E-state index contributed by atoms with van der Waals surface area (Å²) in [5.41, 5.74) is 2.39. The van der Waals surface area contributed by atoms with Gasteiger partial charge >= 0.3 is 6.03 Å². The normalized spacial score (nSPS) is 23.1. The summed E-state index contributed by atoms with van der Waals surface area (Å²) in [6.45, 7) is 6.58. The average Bonchev–Trinajstić information content (AvgIpc) is 3.27. The van der Waals surface area contributed by atoms with Crippen LogP contribution in [0.25, 0.3) is 0 Å². The summed E-state index contributed by atoms with van der Waals surface area (Å²) in [6, 6.07) is 9.77. The third-order valence-electron chi connectivity index (χ3n) is 5.90. The summed E-state index contributed by atoms with van der Waals surface area (Å²) in [6.07, 6.45) is 1.22. The monoisotopic (exact) mass is 397 g/mol. The molecule has 0 saturated carbocycles. The van der Waals surface area contributed by atoms with Gasteiger partial charge in [-0.15, -0.1) is 0 Å². The number of carbonyl (C=O) groups excluding carboxylic acids is 2. The Hall–Kier alpha value is -2.87. The van der Waals surface area contributed by atoms with Gasteiger partial charge in [0, 0.05) is 49.5 Å². The predicted octanol–water partition coefficient (Wildman–Crippen LogP) is 1.94. The van der Waals surface area contributed by atoms with Crippen LogP contribution in [0.5, 0.6) is 0 Å². The molecule has 2 aromatic rings. The molecular weight excluding hydrogens is 370 g/mol. The zero-order valence-electron chi connectivity index (χ0n) is 16.9. The highest BCUT2D eigenvalue weighted by atomic mass is 16.5. The fourth-order valence-corrected chi connectivity index (χ4v) is 4.21. The number of anilines is 1. The molecule has 1 aromatic carbocycles. The van der Waals surface area contributed by atoms with Crippen molar-refractivity contribution in [1.29, 1.82) is 0 Å². The van der Waals surface area contributed by atoms with Crippen molar-refractivity contribution in [2.24, 2.45) is 0 Å². The molecule has 1 aromatic heterocycles. The van der Waals surface area contributed by atoms with Crippen molar-refractivity contribution < 1.29 is 14.1 Å². The van der Waals surface area contributed by atoms with Crippen molar-refractivity contribution in [1.82, 2.24) is 20.3 Å². The molecule has 29 heavy (non-hydrogen) atoms. The molecule has 2 aliphatic heterocycles. The smallest absolute Gasteiger partial charge is 0.322 e. The maximum absolute atomic E-state index is 12.8. The molecule has 3 amide bonds. The highest BCUT2D eigenvalue weighted by Crippen LogP contribution is 2.25. The zero-order chi connectivity index (χ0) is 20.4. The van der Waals surface area contributed by atoms with E-state index in [2.05, 4.69) is 20.7 Å². The molecule has 2 aliphatic rings. The van der Waals surface area contributed by atoms with Crippen LogP contribution >= 0.6 is 0 Å². The fourth-order valence-electron chi connectivity index (χ4n) is 4.21. The summed E-state index contributed by atoms with van der Waals surface area (Å²) >= 11 is 0. The number of nitrogens with one attached hydrogen (secondary N) is 2. The van der Waals surface area contributed by atoms with E-state index in [4.69, 9.17) is 4.52 Å². The molecule has 2 N–H and O–H groups in total. The van der Waals surface area contributed by atoms with Gasteiger partial charge in [-0.05, 0) is 32.4 Å². The highest BCUT2D eigenvalue weighted by molar-refractivity contribution is 5.89. The second-order valence-corrected chi connectivity index (χ2v) is 7.82. The van der Waals surface area contributed by atoms with Crippen LogP contribution < -0.4 is 10.6 Å². The van der Waals surface area contributed by atoms with Gasteiger partial charge in [0.25, 0.3) is 0 Å². The van der Waals surface area contributed by atoms with E-state index in [1.165, 1.54) is 0 Å². The van der Waals surface area contributed by atoms with Gasteiger partial charge in [-0.3, -0.25) is 9.69 Å². The van der Waals surface area contributed by atoms with Crippen molar-refractivity contribution >= 4 is 17.6 Å². The minimum Gasteiger partial charge on any atom is -0.361 e. The van der Waals surface area contributed by atoms with Gasteiger partial charge in [-0.2, -0.15) is 0 Å². The lowest BCUT2D eigenvalue weighted by atomic mass is 10.1. The molecule has 2 fully saturated rings. The van der Waals surface area contributed by atoms with Gasteiger partial charge in [0.1, 0.15) is 5.76 Å². The lowest BCUT2D eigenvalue weighted by molar-refractivity contribution is -0.120. The third kappa shape index (κ3) is 4.27. The Morgan fingerprint density at radius 1 is 1.21 bits per heavy atom. The number of aryl methyl sites for hydroxylation is 2. The lowest BCUT2D eigenvalue weighted by Crippen LogP contribution is -2.58. The molecule has 3 atom stereocenters. The SMILES string of the molecule is Cc1noc(C)c1CC(=O)NCC1CN(C(=O)Nc2ccccc2)C2CCN1C2. The predicted molar refractivity (Wildman–Crippen MR) is 109 cm³/mol. The number of fused-ring (bicyclic) bond motifs is 2. The first-order valence-electron chi connectivity index (χ1n) is 10.1. The number of amides is 3. The standard InChI is InChI=1S/C21H27N5O3/c1-14-19(15(2)29-24-14)10-20(27)22-11-18-13-26(17-8-9-25(18)12-17)21(28)23-16-6-4-3-5-7-16/h3-7,17-18H,8-13H2,1-2H3,(H,22,27)(H,23,28).